The Labute approximate surface area is 169 Å². The fourth-order valence-electron chi connectivity index (χ4n) is 2.93. The first-order chi connectivity index (χ1) is 12.6. The Morgan fingerprint density at radius 1 is 1.19 bits per heavy atom. The van der Waals surface area contributed by atoms with E-state index in [0.717, 1.165) is 10.6 Å². The second-order valence-corrected chi connectivity index (χ2v) is 9.08. The van der Waals surface area contributed by atoms with E-state index >= 15 is 0 Å². The number of hydrogen-bond donors (Lipinski definition) is 0. The SMILES string of the molecule is CCOC(=O)C1CCN(C(=O)CN(c2cc(Cl)cc(Cl)c2)S(C)(=O)=O)CC1. The third-order valence-electron chi connectivity index (χ3n) is 4.28. The molecule has 0 aromatic heterocycles. The molecule has 1 aromatic rings. The molecule has 1 fully saturated rings. The summed E-state index contributed by atoms with van der Waals surface area (Å²) in [6, 6.07) is 4.36. The normalized spacial score (nSPS) is 15.5. The van der Waals surface area contributed by atoms with Gasteiger partial charge in [-0.05, 0) is 38.0 Å². The van der Waals surface area contributed by atoms with Gasteiger partial charge in [0.2, 0.25) is 15.9 Å². The number of piperidine rings is 1. The van der Waals surface area contributed by atoms with E-state index in [0.29, 0.717) is 32.5 Å². The van der Waals surface area contributed by atoms with Crippen LogP contribution in [-0.4, -0.2) is 57.7 Å². The summed E-state index contributed by atoms with van der Waals surface area (Å²) in [5.74, 6) is -0.832. The molecule has 27 heavy (non-hydrogen) atoms. The smallest absolute Gasteiger partial charge is 0.309 e. The summed E-state index contributed by atoms with van der Waals surface area (Å²) in [6.45, 7) is 2.45. The quantitative estimate of drug-likeness (QED) is 0.639. The van der Waals surface area contributed by atoms with Gasteiger partial charge in [-0.15, -0.1) is 0 Å². The van der Waals surface area contributed by atoms with Crippen LogP contribution in [0.25, 0.3) is 0 Å². The third-order valence-corrected chi connectivity index (χ3v) is 5.86. The molecule has 0 aliphatic carbocycles. The van der Waals surface area contributed by atoms with Gasteiger partial charge >= 0.3 is 5.97 Å². The molecule has 2 rings (SSSR count). The number of carbonyl (C=O) groups excluding carboxylic acids is 2. The van der Waals surface area contributed by atoms with Crippen LogP contribution in [-0.2, 0) is 24.3 Å². The first kappa shape index (κ1) is 21.8. The number of halogens is 2. The topological polar surface area (TPSA) is 84.0 Å². The second kappa shape index (κ2) is 9.12. The molecule has 0 bridgehead atoms. The van der Waals surface area contributed by atoms with E-state index in [9.17, 15) is 18.0 Å². The summed E-state index contributed by atoms with van der Waals surface area (Å²) in [5.41, 5.74) is 0.227. The van der Waals surface area contributed by atoms with E-state index in [2.05, 4.69) is 0 Å². The van der Waals surface area contributed by atoms with Crippen molar-refractivity contribution >= 4 is 50.8 Å². The van der Waals surface area contributed by atoms with Crippen molar-refractivity contribution in [2.75, 3.05) is 36.8 Å². The summed E-state index contributed by atoms with van der Waals surface area (Å²) in [6.07, 6.45) is 2.00. The first-order valence-electron chi connectivity index (χ1n) is 8.50. The monoisotopic (exact) mass is 436 g/mol. The van der Waals surface area contributed by atoms with Gasteiger partial charge < -0.3 is 9.64 Å². The number of benzene rings is 1. The lowest BCUT2D eigenvalue weighted by atomic mass is 9.97. The van der Waals surface area contributed by atoms with Gasteiger partial charge in [0.1, 0.15) is 6.54 Å². The molecule has 7 nitrogen and oxygen atoms in total. The molecule has 0 N–H and O–H groups in total. The number of rotatable bonds is 6. The van der Waals surface area contributed by atoms with Crippen molar-refractivity contribution in [2.45, 2.75) is 19.8 Å². The first-order valence-corrected chi connectivity index (χ1v) is 11.1. The largest absolute Gasteiger partial charge is 0.466 e. The van der Waals surface area contributed by atoms with E-state index in [4.69, 9.17) is 27.9 Å². The fraction of sp³-hybridized carbons (Fsp3) is 0.529. The summed E-state index contributed by atoms with van der Waals surface area (Å²) in [4.78, 5) is 26.0. The molecule has 150 valence electrons. The van der Waals surface area contributed by atoms with Crippen LogP contribution >= 0.6 is 23.2 Å². The second-order valence-electron chi connectivity index (χ2n) is 6.30. The number of amides is 1. The number of esters is 1. The molecule has 1 heterocycles. The number of anilines is 1. The van der Waals surface area contributed by atoms with Crippen LogP contribution < -0.4 is 4.31 Å². The standard InChI is InChI=1S/C17H22Cl2N2O5S/c1-3-26-17(23)12-4-6-20(7-5-12)16(22)11-21(27(2,24)25)15-9-13(18)8-14(19)10-15/h8-10,12H,3-7,11H2,1-2H3. The van der Waals surface area contributed by atoms with Gasteiger partial charge in [-0.3, -0.25) is 13.9 Å². The third kappa shape index (κ3) is 5.99. The molecule has 1 aromatic carbocycles. The van der Waals surface area contributed by atoms with Crippen molar-refractivity contribution in [3.05, 3.63) is 28.2 Å². The average Bonchev–Trinajstić information content (AvgIpc) is 2.58. The molecule has 1 aliphatic rings. The van der Waals surface area contributed by atoms with Gasteiger partial charge in [-0.25, -0.2) is 8.42 Å². The molecule has 0 unspecified atom stereocenters. The summed E-state index contributed by atoms with van der Waals surface area (Å²) in [5, 5.41) is 0.544. The van der Waals surface area contributed by atoms with Crippen LogP contribution in [0.1, 0.15) is 19.8 Å². The number of sulfonamides is 1. The number of hydrogen-bond acceptors (Lipinski definition) is 5. The zero-order valence-electron chi connectivity index (χ0n) is 15.2. The van der Waals surface area contributed by atoms with Gasteiger partial charge in [0.05, 0.1) is 24.5 Å². The molecule has 10 heteroatoms. The van der Waals surface area contributed by atoms with E-state index < -0.39 is 10.0 Å². The van der Waals surface area contributed by atoms with Crippen LogP contribution in [0.5, 0.6) is 0 Å². The number of ether oxygens (including phenoxy) is 1. The Hall–Kier alpha value is -1.51. The zero-order chi connectivity index (χ0) is 20.2. The highest BCUT2D eigenvalue weighted by Gasteiger charge is 2.30. The van der Waals surface area contributed by atoms with Crippen molar-refractivity contribution in [1.29, 1.82) is 0 Å². The Morgan fingerprint density at radius 3 is 2.22 bits per heavy atom. The minimum absolute atomic E-state index is 0.227. The summed E-state index contributed by atoms with van der Waals surface area (Å²) in [7, 11) is -3.72. The van der Waals surface area contributed by atoms with Crippen LogP contribution in [0.3, 0.4) is 0 Å². The molecule has 1 aliphatic heterocycles. The number of carbonyl (C=O) groups is 2. The van der Waals surface area contributed by atoms with Crippen LogP contribution in [0, 0.1) is 5.92 Å². The minimum atomic E-state index is -3.72. The Morgan fingerprint density at radius 2 is 1.74 bits per heavy atom. The van der Waals surface area contributed by atoms with E-state index in [1.165, 1.54) is 18.2 Å². The molecule has 1 saturated heterocycles. The van der Waals surface area contributed by atoms with Crippen molar-refractivity contribution in [3.8, 4) is 0 Å². The maximum Gasteiger partial charge on any atom is 0.309 e. The van der Waals surface area contributed by atoms with Gasteiger partial charge in [0, 0.05) is 23.1 Å². The molecular weight excluding hydrogens is 415 g/mol. The maximum absolute atomic E-state index is 12.6. The van der Waals surface area contributed by atoms with Crippen molar-refractivity contribution < 1.29 is 22.7 Å². The predicted octanol–water partition coefficient (Wildman–Crippen LogP) is 2.56. The molecular formula is C17H22Cl2N2O5S. The van der Waals surface area contributed by atoms with Crippen molar-refractivity contribution in [2.24, 2.45) is 5.92 Å². The Balaban J connectivity index is 2.08. The van der Waals surface area contributed by atoms with E-state index in [1.54, 1.807) is 11.8 Å². The van der Waals surface area contributed by atoms with Crippen molar-refractivity contribution in [3.63, 3.8) is 0 Å². The minimum Gasteiger partial charge on any atom is -0.466 e. The lowest BCUT2D eigenvalue weighted by Crippen LogP contribution is -2.46. The molecule has 0 radical (unpaired) electrons. The predicted molar refractivity (Wildman–Crippen MR) is 105 cm³/mol. The lowest BCUT2D eigenvalue weighted by molar-refractivity contribution is -0.151. The highest BCUT2D eigenvalue weighted by atomic mass is 35.5. The maximum atomic E-state index is 12.6. The Kier molecular flexibility index (Phi) is 7.36. The molecule has 1 amide bonds. The van der Waals surface area contributed by atoms with Gasteiger partial charge in [-0.2, -0.15) is 0 Å². The molecule has 0 spiro atoms. The number of likely N-dealkylation sites (tertiary alicyclic amines) is 1. The summed E-state index contributed by atoms with van der Waals surface area (Å²) >= 11 is 11.9. The van der Waals surface area contributed by atoms with Crippen LogP contribution in [0.2, 0.25) is 10.0 Å². The number of nitrogens with zero attached hydrogens (tertiary/aromatic N) is 2. The summed E-state index contributed by atoms with van der Waals surface area (Å²) < 4.78 is 30.4. The van der Waals surface area contributed by atoms with Crippen LogP contribution in [0.4, 0.5) is 5.69 Å². The fourth-order valence-corrected chi connectivity index (χ4v) is 4.28. The zero-order valence-corrected chi connectivity index (χ0v) is 17.5. The molecule has 0 saturated carbocycles. The van der Waals surface area contributed by atoms with Gasteiger partial charge in [0.25, 0.3) is 0 Å². The Bertz CT molecular complexity index is 787. The van der Waals surface area contributed by atoms with Gasteiger partial charge in [-0.1, -0.05) is 23.2 Å². The van der Waals surface area contributed by atoms with Crippen molar-refractivity contribution in [1.82, 2.24) is 4.90 Å². The van der Waals surface area contributed by atoms with E-state index in [-0.39, 0.29) is 40.1 Å². The van der Waals surface area contributed by atoms with Gasteiger partial charge in [0.15, 0.2) is 0 Å². The highest BCUT2D eigenvalue weighted by molar-refractivity contribution is 7.92. The highest BCUT2D eigenvalue weighted by Crippen LogP contribution is 2.27. The van der Waals surface area contributed by atoms with E-state index in [1.807, 2.05) is 0 Å². The van der Waals surface area contributed by atoms with Crippen LogP contribution in [0.15, 0.2) is 18.2 Å². The lowest BCUT2D eigenvalue weighted by Gasteiger charge is -2.32. The average molecular weight is 437 g/mol. The molecule has 0 atom stereocenters.